The highest BCUT2D eigenvalue weighted by Crippen LogP contribution is 2.04. The molecule has 0 unspecified atom stereocenters. The van der Waals surface area contributed by atoms with Crippen molar-refractivity contribution in [1.29, 1.82) is 0 Å². The molecule has 0 aliphatic carbocycles. The molecule has 0 saturated carbocycles. The van der Waals surface area contributed by atoms with Crippen molar-refractivity contribution in [3.05, 3.63) is 18.0 Å². The van der Waals surface area contributed by atoms with Crippen LogP contribution in [0.15, 0.2) is 12.4 Å². The summed E-state index contributed by atoms with van der Waals surface area (Å²) in [4.78, 5) is 19.2. The summed E-state index contributed by atoms with van der Waals surface area (Å²) in [6.45, 7) is 2.51. The second-order valence-electron chi connectivity index (χ2n) is 4.08. The largest absolute Gasteiger partial charge is 0.480 e. The molecule has 6 nitrogen and oxygen atoms in total. The topological polar surface area (TPSA) is 87.1 Å². The van der Waals surface area contributed by atoms with Crippen LogP contribution < -0.4 is 10.6 Å². The van der Waals surface area contributed by atoms with Crippen molar-refractivity contribution in [2.75, 3.05) is 12.4 Å². The first kappa shape index (κ1) is 14.4. The van der Waals surface area contributed by atoms with Crippen LogP contribution in [0.4, 0.5) is 5.95 Å². The third-order valence-electron chi connectivity index (χ3n) is 2.63. The van der Waals surface area contributed by atoms with Gasteiger partial charge in [0, 0.05) is 31.5 Å². The molecule has 1 aromatic rings. The summed E-state index contributed by atoms with van der Waals surface area (Å²) in [5.74, 6) is -0.254. The van der Waals surface area contributed by atoms with Crippen molar-refractivity contribution in [2.45, 2.75) is 38.8 Å². The number of aliphatic carboxylic acids is 1. The smallest absolute Gasteiger partial charge is 0.320 e. The molecule has 1 heterocycles. The number of nitrogens with zero attached hydrogens (tertiary/aromatic N) is 2. The van der Waals surface area contributed by atoms with Crippen LogP contribution in [0.25, 0.3) is 0 Å². The molecule has 0 aromatic carbocycles. The van der Waals surface area contributed by atoms with Gasteiger partial charge in [-0.25, -0.2) is 9.97 Å². The van der Waals surface area contributed by atoms with E-state index in [4.69, 9.17) is 5.11 Å². The molecule has 6 heteroatoms. The molecule has 0 fully saturated rings. The van der Waals surface area contributed by atoms with E-state index >= 15 is 0 Å². The van der Waals surface area contributed by atoms with Gasteiger partial charge in [-0.2, -0.15) is 0 Å². The van der Waals surface area contributed by atoms with Crippen LogP contribution >= 0.6 is 0 Å². The summed E-state index contributed by atoms with van der Waals surface area (Å²) in [5.41, 5.74) is 0.872. The fourth-order valence-electron chi connectivity index (χ4n) is 1.54. The molecule has 18 heavy (non-hydrogen) atoms. The Balaban J connectivity index is 2.47. The van der Waals surface area contributed by atoms with Gasteiger partial charge in [0.1, 0.15) is 6.04 Å². The van der Waals surface area contributed by atoms with Crippen molar-refractivity contribution < 1.29 is 9.90 Å². The lowest BCUT2D eigenvalue weighted by atomic mass is 10.1. The monoisotopic (exact) mass is 252 g/mol. The highest BCUT2D eigenvalue weighted by Gasteiger charge is 2.15. The van der Waals surface area contributed by atoms with Gasteiger partial charge < -0.3 is 15.7 Å². The number of carboxylic acid groups (broad SMARTS) is 1. The molecular weight excluding hydrogens is 232 g/mol. The van der Waals surface area contributed by atoms with E-state index in [-0.39, 0.29) is 0 Å². The zero-order valence-electron chi connectivity index (χ0n) is 10.8. The molecule has 0 spiro atoms. The van der Waals surface area contributed by atoms with Crippen molar-refractivity contribution in [1.82, 2.24) is 15.3 Å². The average molecular weight is 252 g/mol. The number of nitrogens with one attached hydrogen (secondary N) is 2. The SMILES string of the molecule is CCCC[C@@H](NCc1cnc(NC)nc1)C(=O)O. The van der Waals surface area contributed by atoms with Crippen LogP contribution in [0.3, 0.4) is 0 Å². The lowest BCUT2D eigenvalue weighted by molar-refractivity contribution is -0.139. The third kappa shape index (κ3) is 4.67. The Morgan fingerprint density at radius 1 is 1.44 bits per heavy atom. The molecule has 1 aromatic heterocycles. The molecule has 0 aliphatic rings. The van der Waals surface area contributed by atoms with E-state index in [0.717, 1.165) is 18.4 Å². The number of carbonyl (C=O) groups is 1. The van der Waals surface area contributed by atoms with Gasteiger partial charge in [-0.3, -0.25) is 4.79 Å². The highest BCUT2D eigenvalue weighted by atomic mass is 16.4. The standard InChI is InChI=1S/C12H20N4O2/c1-3-4-5-10(11(17)18)14-6-9-7-15-12(13-2)16-8-9/h7-8,10,14H,3-6H2,1-2H3,(H,17,18)(H,13,15,16)/t10-/m1/s1. The van der Waals surface area contributed by atoms with Crippen LogP contribution in [0.1, 0.15) is 31.7 Å². The van der Waals surface area contributed by atoms with Gasteiger partial charge in [0.25, 0.3) is 0 Å². The van der Waals surface area contributed by atoms with Gasteiger partial charge in [-0.1, -0.05) is 19.8 Å². The second kappa shape index (κ2) is 7.60. The van der Waals surface area contributed by atoms with E-state index in [1.165, 1.54) is 0 Å². The Morgan fingerprint density at radius 2 is 2.11 bits per heavy atom. The lowest BCUT2D eigenvalue weighted by Crippen LogP contribution is -2.36. The number of aromatic nitrogens is 2. The molecule has 1 rings (SSSR count). The molecule has 100 valence electrons. The number of carboxylic acids is 1. The summed E-state index contributed by atoms with van der Waals surface area (Å²) >= 11 is 0. The molecule has 0 aliphatic heterocycles. The Bertz CT molecular complexity index is 367. The summed E-state index contributed by atoms with van der Waals surface area (Å²) < 4.78 is 0. The maximum atomic E-state index is 11.0. The molecule has 0 bridgehead atoms. The van der Waals surface area contributed by atoms with Crippen LogP contribution in [0.2, 0.25) is 0 Å². The Morgan fingerprint density at radius 3 is 2.61 bits per heavy atom. The number of anilines is 1. The number of unbranched alkanes of at least 4 members (excludes halogenated alkanes) is 1. The first-order valence-electron chi connectivity index (χ1n) is 6.12. The van der Waals surface area contributed by atoms with Crippen molar-refractivity contribution in [2.24, 2.45) is 0 Å². The average Bonchev–Trinajstić information content (AvgIpc) is 2.39. The van der Waals surface area contributed by atoms with Crippen LogP contribution in [0, 0.1) is 0 Å². The highest BCUT2D eigenvalue weighted by molar-refractivity contribution is 5.73. The minimum atomic E-state index is -0.809. The van der Waals surface area contributed by atoms with Gasteiger partial charge >= 0.3 is 5.97 Å². The van der Waals surface area contributed by atoms with E-state index in [0.29, 0.717) is 18.9 Å². The number of hydrogen-bond acceptors (Lipinski definition) is 5. The normalized spacial score (nSPS) is 12.1. The third-order valence-corrected chi connectivity index (χ3v) is 2.63. The summed E-state index contributed by atoms with van der Waals surface area (Å²) in [5, 5.41) is 14.9. The zero-order valence-corrected chi connectivity index (χ0v) is 10.8. The molecule has 1 atom stereocenters. The Kier molecular flexibility index (Phi) is 6.07. The summed E-state index contributed by atoms with van der Waals surface area (Å²) in [6, 6.07) is -0.506. The first-order chi connectivity index (χ1) is 8.67. The Hall–Kier alpha value is -1.69. The molecule has 3 N–H and O–H groups in total. The minimum absolute atomic E-state index is 0.463. The molecule has 0 amide bonds. The van der Waals surface area contributed by atoms with Crippen molar-refractivity contribution in [3.63, 3.8) is 0 Å². The predicted octanol–water partition coefficient (Wildman–Crippen LogP) is 1.25. The van der Waals surface area contributed by atoms with Gasteiger partial charge in [0.2, 0.25) is 5.95 Å². The fraction of sp³-hybridized carbons (Fsp3) is 0.583. The minimum Gasteiger partial charge on any atom is -0.480 e. The second-order valence-corrected chi connectivity index (χ2v) is 4.08. The summed E-state index contributed by atoms with van der Waals surface area (Å²) in [6.07, 6.45) is 5.90. The molecule has 0 saturated heterocycles. The molecule has 0 radical (unpaired) electrons. The molecular formula is C12H20N4O2. The van der Waals surface area contributed by atoms with Gasteiger partial charge in [0.15, 0.2) is 0 Å². The fourth-order valence-corrected chi connectivity index (χ4v) is 1.54. The van der Waals surface area contributed by atoms with E-state index in [2.05, 4.69) is 20.6 Å². The number of rotatable bonds is 8. The maximum absolute atomic E-state index is 11.0. The lowest BCUT2D eigenvalue weighted by Gasteiger charge is -2.13. The van der Waals surface area contributed by atoms with Crippen LogP contribution in [-0.4, -0.2) is 34.1 Å². The van der Waals surface area contributed by atoms with Crippen LogP contribution in [-0.2, 0) is 11.3 Å². The van der Waals surface area contributed by atoms with E-state index in [9.17, 15) is 4.79 Å². The number of hydrogen-bond donors (Lipinski definition) is 3. The Labute approximate surface area is 107 Å². The van der Waals surface area contributed by atoms with Crippen LogP contribution in [0.5, 0.6) is 0 Å². The van der Waals surface area contributed by atoms with Crippen molar-refractivity contribution in [3.8, 4) is 0 Å². The van der Waals surface area contributed by atoms with Gasteiger partial charge in [0.05, 0.1) is 0 Å². The van der Waals surface area contributed by atoms with Crippen molar-refractivity contribution >= 4 is 11.9 Å². The summed E-state index contributed by atoms with van der Waals surface area (Å²) in [7, 11) is 1.75. The van der Waals surface area contributed by atoms with Gasteiger partial charge in [-0.05, 0) is 6.42 Å². The quantitative estimate of drug-likeness (QED) is 0.645. The zero-order chi connectivity index (χ0) is 13.4. The maximum Gasteiger partial charge on any atom is 0.320 e. The predicted molar refractivity (Wildman–Crippen MR) is 69.4 cm³/mol. The van der Waals surface area contributed by atoms with Gasteiger partial charge in [-0.15, -0.1) is 0 Å². The van der Waals surface area contributed by atoms with E-state index in [1.54, 1.807) is 19.4 Å². The first-order valence-corrected chi connectivity index (χ1v) is 6.12. The van der Waals surface area contributed by atoms with E-state index in [1.807, 2.05) is 6.92 Å². The van der Waals surface area contributed by atoms with E-state index < -0.39 is 12.0 Å².